The number of pyridine rings is 1. The third-order valence-electron chi connectivity index (χ3n) is 8.08. The Bertz CT molecular complexity index is 1590. The smallest absolute Gasteiger partial charge is 0.344 e. The quantitative estimate of drug-likeness (QED) is 0.291. The number of hydrogen-bond acceptors (Lipinski definition) is 8. The zero-order valence-corrected chi connectivity index (χ0v) is 26.0. The molecule has 9 nitrogen and oxygen atoms in total. The van der Waals surface area contributed by atoms with Crippen molar-refractivity contribution in [1.29, 1.82) is 0 Å². The van der Waals surface area contributed by atoms with Crippen molar-refractivity contribution < 1.29 is 32.9 Å². The van der Waals surface area contributed by atoms with Crippen LogP contribution in [0.1, 0.15) is 48.6 Å². The number of hydrogen-bond donors (Lipinski definition) is 1. The fourth-order valence-corrected chi connectivity index (χ4v) is 5.64. The molecule has 10 heteroatoms. The van der Waals surface area contributed by atoms with Crippen LogP contribution in [0, 0.1) is 5.82 Å². The third-order valence-corrected chi connectivity index (χ3v) is 8.08. The lowest BCUT2D eigenvalue weighted by atomic mass is 10.00. The van der Waals surface area contributed by atoms with Gasteiger partial charge in [0.05, 0.1) is 32.9 Å². The summed E-state index contributed by atoms with van der Waals surface area (Å²) < 4.78 is 37.1. The molecule has 1 fully saturated rings. The van der Waals surface area contributed by atoms with Gasteiger partial charge in [0.1, 0.15) is 11.9 Å². The lowest BCUT2D eigenvalue weighted by Crippen LogP contribution is -2.36. The molecule has 2 heterocycles. The Morgan fingerprint density at radius 1 is 1.04 bits per heavy atom. The number of carbonyl (C=O) groups excluding carboxylic acids is 2. The normalized spacial score (nSPS) is 16.0. The number of esters is 1. The number of carbonyl (C=O) groups is 2. The van der Waals surface area contributed by atoms with E-state index in [1.54, 1.807) is 24.4 Å². The number of piperidine rings is 1. The minimum Gasteiger partial charge on any atom is -0.493 e. The zero-order chi connectivity index (χ0) is 31.9. The first kappa shape index (κ1) is 31.7. The third kappa shape index (κ3) is 7.69. The van der Waals surface area contributed by atoms with Gasteiger partial charge in [-0.3, -0.25) is 9.78 Å². The molecule has 1 N–H and O–H groups in total. The van der Waals surface area contributed by atoms with E-state index in [4.69, 9.17) is 18.9 Å². The molecule has 1 saturated heterocycles. The van der Waals surface area contributed by atoms with Crippen molar-refractivity contribution in [3.8, 4) is 17.2 Å². The average Bonchev–Trinajstić information content (AvgIpc) is 3.29. The lowest BCUT2D eigenvalue weighted by molar-refractivity contribution is -0.153. The van der Waals surface area contributed by atoms with Crippen molar-refractivity contribution in [2.45, 2.75) is 38.8 Å². The van der Waals surface area contributed by atoms with Crippen molar-refractivity contribution in [3.63, 3.8) is 0 Å². The Kier molecular flexibility index (Phi) is 10.1. The maximum absolute atomic E-state index is 14.4. The minimum atomic E-state index is -0.452. The molecule has 1 aliphatic carbocycles. The van der Waals surface area contributed by atoms with Crippen LogP contribution in [0.3, 0.4) is 0 Å². The first-order valence-electron chi connectivity index (χ1n) is 14.9. The largest absolute Gasteiger partial charge is 0.493 e. The molecule has 0 atom stereocenters. The number of halogens is 1. The molecule has 0 saturated carbocycles. The van der Waals surface area contributed by atoms with Crippen LogP contribution >= 0.6 is 0 Å². The Hall–Kier alpha value is -4.70. The number of ether oxygens (including phenoxy) is 4. The van der Waals surface area contributed by atoms with Gasteiger partial charge in [0, 0.05) is 19.3 Å². The van der Waals surface area contributed by atoms with Gasteiger partial charge in [-0.15, -0.1) is 0 Å². The Balaban J connectivity index is 1.36. The minimum absolute atomic E-state index is 0.0829. The standard InChI is InChI=1S/C35H38FN3O6/c1-22-28(27-9-8-24(36)18-30(27)29(22)19-33(40)38-20-25-7-5-6-12-37-25)15-23-16-31(42-3)35(32(17-23)43-4)44-21-34(41)45-26-10-13-39(2)14-11-26/h5-9,12,15-18,26H,10-11,13-14,19-21H2,1-4H3,(H,38,40). The van der Waals surface area contributed by atoms with Crippen LogP contribution in [0.2, 0.25) is 0 Å². The monoisotopic (exact) mass is 615 g/mol. The highest BCUT2D eigenvalue weighted by molar-refractivity contribution is 6.08. The number of allylic oxidation sites excluding steroid dienone is 2. The van der Waals surface area contributed by atoms with Crippen LogP contribution in [0.4, 0.5) is 4.39 Å². The molecule has 1 amide bonds. The predicted molar refractivity (Wildman–Crippen MR) is 169 cm³/mol. The number of amides is 1. The number of fused-ring (bicyclic) bond motifs is 1. The van der Waals surface area contributed by atoms with Gasteiger partial charge < -0.3 is 29.2 Å². The fourth-order valence-electron chi connectivity index (χ4n) is 5.64. The van der Waals surface area contributed by atoms with E-state index >= 15 is 0 Å². The van der Waals surface area contributed by atoms with E-state index in [9.17, 15) is 14.0 Å². The SMILES string of the molecule is COc1cc(C=C2C(C)=C(CC(=O)NCc3ccccn3)c3cc(F)ccc32)cc(OC)c1OCC(=O)OC1CCN(C)CC1. The maximum atomic E-state index is 14.4. The first-order chi connectivity index (χ1) is 21.7. The second-order valence-corrected chi connectivity index (χ2v) is 11.2. The number of nitrogens with one attached hydrogen (secondary N) is 1. The van der Waals surface area contributed by atoms with E-state index in [-0.39, 0.29) is 36.6 Å². The number of rotatable bonds is 11. The molecule has 1 aromatic heterocycles. The Labute approximate surface area is 262 Å². The van der Waals surface area contributed by atoms with Gasteiger partial charge in [-0.05, 0) is 103 Å². The summed E-state index contributed by atoms with van der Waals surface area (Å²) in [4.78, 5) is 31.9. The zero-order valence-electron chi connectivity index (χ0n) is 26.0. The van der Waals surface area contributed by atoms with Gasteiger partial charge in [0.25, 0.3) is 0 Å². The van der Waals surface area contributed by atoms with E-state index in [0.717, 1.165) is 59.5 Å². The molecule has 0 unspecified atom stereocenters. The summed E-state index contributed by atoms with van der Waals surface area (Å²) in [6, 6.07) is 13.7. The predicted octanol–water partition coefficient (Wildman–Crippen LogP) is 5.29. The summed E-state index contributed by atoms with van der Waals surface area (Å²) >= 11 is 0. The molecular weight excluding hydrogens is 577 g/mol. The molecule has 45 heavy (non-hydrogen) atoms. The van der Waals surface area contributed by atoms with Gasteiger partial charge >= 0.3 is 5.97 Å². The summed E-state index contributed by atoms with van der Waals surface area (Å²) in [5.74, 6) is 0.0164. The summed E-state index contributed by atoms with van der Waals surface area (Å²) in [5, 5.41) is 2.91. The number of nitrogens with zero attached hydrogens (tertiary/aromatic N) is 2. The lowest BCUT2D eigenvalue weighted by Gasteiger charge is -2.28. The molecule has 3 aromatic rings. The van der Waals surface area contributed by atoms with Crippen LogP contribution in [-0.4, -0.2) is 68.8 Å². The molecule has 5 rings (SSSR count). The van der Waals surface area contributed by atoms with Gasteiger partial charge in [-0.25, -0.2) is 9.18 Å². The second-order valence-electron chi connectivity index (χ2n) is 11.2. The second kappa shape index (κ2) is 14.4. The van der Waals surface area contributed by atoms with E-state index in [0.29, 0.717) is 23.6 Å². The molecule has 0 bridgehead atoms. The molecule has 0 spiro atoms. The van der Waals surface area contributed by atoms with Crippen LogP contribution in [0.15, 0.2) is 60.3 Å². The van der Waals surface area contributed by atoms with E-state index in [1.807, 2.05) is 38.2 Å². The van der Waals surface area contributed by atoms with Crippen LogP contribution < -0.4 is 19.5 Å². The van der Waals surface area contributed by atoms with Crippen LogP contribution in [0.5, 0.6) is 17.2 Å². The van der Waals surface area contributed by atoms with Gasteiger partial charge in [-0.2, -0.15) is 0 Å². The molecule has 2 aromatic carbocycles. The highest BCUT2D eigenvalue weighted by Gasteiger charge is 2.27. The number of likely N-dealkylation sites (tertiary alicyclic amines) is 1. The van der Waals surface area contributed by atoms with Crippen molar-refractivity contribution >= 4 is 29.1 Å². The van der Waals surface area contributed by atoms with Crippen LogP contribution in [0.25, 0.3) is 17.2 Å². The highest BCUT2D eigenvalue weighted by Crippen LogP contribution is 2.45. The molecule has 2 aliphatic rings. The van der Waals surface area contributed by atoms with E-state index in [1.165, 1.54) is 26.4 Å². The number of benzene rings is 2. The van der Waals surface area contributed by atoms with Gasteiger partial charge in [0.2, 0.25) is 11.7 Å². The molecular formula is C35H38FN3O6. The van der Waals surface area contributed by atoms with Crippen molar-refractivity contribution in [2.75, 3.05) is 41.0 Å². The summed E-state index contributed by atoms with van der Waals surface area (Å²) in [6.45, 7) is 3.70. The topological polar surface area (TPSA) is 99.2 Å². The average molecular weight is 616 g/mol. The van der Waals surface area contributed by atoms with Crippen molar-refractivity contribution in [1.82, 2.24) is 15.2 Å². The van der Waals surface area contributed by atoms with Gasteiger partial charge in [-0.1, -0.05) is 12.1 Å². The summed E-state index contributed by atoms with van der Waals surface area (Å²) in [7, 11) is 5.07. The molecule has 236 valence electrons. The first-order valence-corrected chi connectivity index (χ1v) is 14.9. The fraction of sp³-hybridized carbons (Fsp3) is 0.343. The van der Waals surface area contributed by atoms with Crippen molar-refractivity contribution in [3.05, 3.63) is 88.5 Å². The molecule has 0 radical (unpaired) electrons. The number of methoxy groups -OCH3 is 2. The molecule has 1 aliphatic heterocycles. The maximum Gasteiger partial charge on any atom is 0.344 e. The van der Waals surface area contributed by atoms with E-state index < -0.39 is 5.97 Å². The Morgan fingerprint density at radius 3 is 2.44 bits per heavy atom. The van der Waals surface area contributed by atoms with E-state index in [2.05, 4.69) is 15.2 Å². The Morgan fingerprint density at radius 2 is 1.78 bits per heavy atom. The van der Waals surface area contributed by atoms with Gasteiger partial charge in [0.15, 0.2) is 18.1 Å². The number of aromatic nitrogens is 1. The summed E-state index contributed by atoms with van der Waals surface area (Å²) in [5.41, 5.74) is 5.42. The summed E-state index contributed by atoms with van der Waals surface area (Å²) in [6.07, 6.45) is 5.16. The van der Waals surface area contributed by atoms with Crippen LogP contribution in [-0.2, 0) is 20.9 Å². The van der Waals surface area contributed by atoms with Crippen molar-refractivity contribution in [2.24, 2.45) is 0 Å². The highest BCUT2D eigenvalue weighted by atomic mass is 19.1.